The lowest BCUT2D eigenvalue weighted by molar-refractivity contribution is -0.132. The zero-order chi connectivity index (χ0) is 17.8. The van der Waals surface area contributed by atoms with E-state index in [1.165, 1.54) is 0 Å². The molecule has 0 fully saturated rings. The van der Waals surface area contributed by atoms with Crippen LogP contribution in [0.3, 0.4) is 0 Å². The highest BCUT2D eigenvalue weighted by molar-refractivity contribution is 6.44. The first-order valence-electron chi connectivity index (χ1n) is 8.14. The number of aryl methyl sites for hydroxylation is 2. The van der Waals surface area contributed by atoms with Crippen LogP contribution in [0.25, 0.3) is 10.9 Å². The van der Waals surface area contributed by atoms with Gasteiger partial charge in [0.2, 0.25) is 0 Å². The second-order valence-electron chi connectivity index (χ2n) is 5.75. The van der Waals surface area contributed by atoms with Crippen molar-refractivity contribution >= 4 is 34.1 Å². The molecule has 3 rings (SSSR count). The standard InChI is InChI=1S/C20H19N3O2/c1-3-14-8-4-7-13(2)17(14)23-20(25)19(24)22-16-11-5-9-15-10-6-12-21-18(15)16/h4-12H,3H2,1-2H3,(H,22,24)(H,23,25). The topological polar surface area (TPSA) is 71.1 Å². The fourth-order valence-corrected chi connectivity index (χ4v) is 2.76. The Morgan fingerprint density at radius 3 is 2.48 bits per heavy atom. The molecule has 1 heterocycles. The molecule has 0 radical (unpaired) electrons. The molecule has 126 valence electrons. The van der Waals surface area contributed by atoms with Crippen LogP contribution in [-0.2, 0) is 16.0 Å². The molecule has 0 atom stereocenters. The maximum absolute atomic E-state index is 12.3. The fraction of sp³-hybridized carbons (Fsp3) is 0.150. The molecule has 0 bridgehead atoms. The molecule has 0 saturated heterocycles. The van der Waals surface area contributed by atoms with Crippen molar-refractivity contribution < 1.29 is 9.59 Å². The van der Waals surface area contributed by atoms with Crippen LogP contribution in [0, 0.1) is 6.92 Å². The number of rotatable bonds is 3. The van der Waals surface area contributed by atoms with E-state index in [0.29, 0.717) is 16.9 Å². The van der Waals surface area contributed by atoms with Crippen LogP contribution in [-0.4, -0.2) is 16.8 Å². The highest BCUT2D eigenvalue weighted by atomic mass is 16.2. The number of para-hydroxylation sites is 2. The summed E-state index contributed by atoms with van der Waals surface area (Å²) in [6.07, 6.45) is 2.42. The van der Waals surface area contributed by atoms with E-state index in [1.54, 1.807) is 12.3 Å². The number of carbonyl (C=O) groups excluding carboxylic acids is 2. The van der Waals surface area contributed by atoms with Gasteiger partial charge in [0.1, 0.15) is 0 Å². The predicted octanol–water partition coefficient (Wildman–Crippen LogP) is 3.68. The van der Waals surface area contributed by atoms with Gasteiger partial charge in [0.05, 0.1) is 11.2 Å². The van der Waals surface area contributed by atoms with Gasteiger partial charge in [-0.3, -0.25) is 14.6 Å². The van der Waals surface area contributed by atoms with Crippen molar-refractivity contribution in [3.8, 4) is 0 Å². The van der Waals surface area contributed by atoms with Crippen molar-refractivity contribution in [1.82, 2.24) is 4.98 Å². The average molecular weight is 333 g/mol. The first-order valence-corrected chi connectivity index (χ1v) is 8.14. The second kappa shape index (κ2) is 7.13. The molecule has 2 N–H and O–H groups in total. The van der Waals surface area contributed by atoms with E-state index in [0.717, 1.165) is 22.9 Å². The summed E-state index contributed by atoms with van der Waals surface area (Å²) in [5, 5.41) is 6.27. The monoisotopic (exact) mass is 333 g/mol. The Morgan fingerprint density at radius 2 is 1.68 bits per heavy atom. The lowest BCUT2D eigenvalue weighted by Crippen LogP contribution is -2.29. The number of amides is 2. The number of nitrogens with zero attached hydrogens (tertiary/aromatic N) is 1. The van der Waals surface area contributed by atoms with E-state index in [-0.39, 0.29) is 0 Å². The predicted molar refractivity (Wildman–Crippen MR) is 99.6 cm³/mol. The first kappa shape index (κ1) is 16.6. The first-order chi connectivity index (χ1) is 12.1. The molecule has 0 saturated carbocycles. The van der Waals surface area contributed by atoms with Crippen molar-refractivity contribution in [2.75, 3.05) is 10.6 Å². The number of aromatic nitrogens is 1. The molecule has 1 aromatic heterocycles. The highest BCUT2D eigenvalue weighted by Gasteiger charge is 2.17. The molecule has 2 aromatic carbocycles. The molecule has 5 nitrogen and oxygen atoms in total. The Bertz CT molecular complexity index is 945. The van der Waals surface area contributed by atoms with Gasteiger partial charge in [-0.1, -0.05) is 43.3 Å². The molecule has 25 heavy (non-hydrogen) atoms. The summed E-state index contributed by atoms with van der Waals surface area (Å²) in [6.45, 7) is 3.91. The zero-order valence-electron chi connectivity index (χ0n) is 14.2. The van der Waals surface area contributed by atoms with E-state index >= 15 is 0 Å². The van der Waals surface area contributed by atoms with Crippen LogP contribution in [0.4, 0.5) is 11.4 Å². The molecule has 0 unspecified atom stereocenters. The van der Waals surface area contributed by atoms with E-state index in [1.807, 2.05) is 56.3 Å². The molecule has 3 aromatic rings. The molecule has 0 aliphatic rings. The van der Waals surface area contributed by atoms with Crippen LogP contribution in [0.2, 0.25) is 0 Å². The lowest BCUT2D eigenvalue weighted by atomic mass is 10.1. The van der Waals surface area contributed by atoms with Crippen LogP contribution >= 0.6 is 0 Å². The minimum absolute atomic E-state index is 0.513. The Kier molecular flexibility index (Phi) is 4.75. The van der Waals surface area contributed by atoms with Crippen LogP contribution in [0.15, 0.2) is 54.7 Å². The van der Waals surface area contributed by atoms with Gasteiger partial charge >= 0.3 is 11.8 Å². The summed E-state index contributed by atoms with van der Waals surface area (Å²) in [7, 11) is 0. The molecule has 0 aliphatic heterocycles. The van der Waals surface area contributed by atoms with E-state index in [9.17, 15) is 9.59 Å². The van der Waals surface area contributed by atoms with Crippen molar-refractivity contribution in [2.45, 2.75) is 20.3 Å². The maximum Gasteiger partial charge on any atom is 0.314 e. The van der Waals surface area contributed by atoms with Crippen molar-refractivity contribution in [3.05, 3.63) is 65.9 Å². The number of hydrogen-bond acceptors (Lipinski definition) is 3. The average Bonchev–Trinajstić information content (AvgIpc) is 2.63. The Balaban J connectivity index is 1.81. The summed E-state index contributed by atoms with van der Waals surface area (Å²) in [5.41, 5.74) is 3.77. The molecule has 2 amide bonds. The van der Waals surface area contributed by atoms with Crippen molar-refractivity contribution in [2.24, 2.45) is 0 Å². The number of carbonyl (C=O) groups is 2. The molecule has 5 heteroatoms. The smallest absolute Gasteiger partial charge is 0.314 e. The lowest BCUT2D eigenvalue weighted by Gasteiger charge is -2.13. The van der Waals surface area contributed by atoms with E-state index in [4.69, 9.17) is 0 Å². The Morgan fingerprint density at radius 1 is 0.960 bits per heavy atom. The number of anilines is 2. The second-order valence-corrected chi connectivity index (χ2v) is 5.75. The van der Waals surface area contributed by atoms with E-state index in [2.05, 4.69) is 15.6 Å². The fourth-order valence-electron chi connectivity index (χ4n) is 2.76. The Hall–Kier alpha value is -3.21. The Labute approximate surface area is 146 Å². The largest absolute Gasteiger partial charge is 0.317 e. The van der Waals surface area contributed by atoms with Gasteiger partial charge in [-0.05, 0) is 36.6 Å². The summed E-state index contributed by atoms with van der Waals surface area (Å²) in [5.74, 6) is -1.42. The third kappa shape index (κ3) is 3.50. The normalized spacial score (nSPS) is 10.5. The highest BCUT2D eigenvalue weighted by Crippen LogP contribution is 2.22. The number of nitrogens with one attached hydrogen (secondary N) is 2. The molecule has 0 spiro atoms. The molecule has 0 aliphatic carbocycles. The number of pyridine rings is 1. The maximum atomic E-state index is 12.3. The zero-order valence-corrected chi connectivity index (χ0v) is 14.2. The van der Waals surface area contributed by atoms with E-state index < -0.39 is 11.8 Å². The molecular formula is C20H19N3O2. The van der Waals surface area contributed by atoms with Gasteiger partial charge in [0.15, 0.2) is 0 Å². The van der Waals surface area contributed by atoms with Gasteiger partial charge in [-0.15, -0.1) is 0 Å². The van der Waals surface area contributed by atoms with Crippen LogP contribution < -0.4 is 10.6 Å². The summed E-state index contributed by atoms with van der Waals surface area (Å²) in [6, 6.07) is 14.9. The van der Waals surface area contributed by atoms with Crippen LogP contribution in [0.1, 0.15) is 18.1 Å². The van der Waals surface area contributed by atoms with Gasteiger partial charge in [0.25, 0.3) is 0 Å². The van der Waals surface area contributed by atoms with Crippen molar-refractivity contribution in [3.63, 3.8) is 0 Å². The van der Waals surface area contributed by atoms with Gasteiger partial charge in [-0.25, -0.2) is 0 Å². The minimum atomic E-state index is -0.719. The van der Waals surface area contributed by atoms with Crippen molar-refractivity contribution in [1.29, 1.82) is 0 Å². The van der Waals surface area contributed by atoms with Gasteiger partial charge in [0, 0.05) is 17.3 Å². The third-order valence-electron chi connectivity index (χ3n) is 4.07. The third-order valence-corrected chi connectivity index (χ3v) is 4.07. The SMILES string of the molecule is CCc1cccc(C)c1NC(=O)C(=O)Nc1cccc2cccnc12. The number of hydrogen-bond donors (Lipinski definition) is 2. The summed E-state index contributed by atoms with van der Waals surface area (Å²) < 4.78 is 0. The van der Waals surface area contributed by atoms with Gasteiger partial charge < -0.3 is 10.6 Å². The number of benzene rings is 2. The molecular weight excluding hydrogens is 314 g/mol. The minimum Gasteiger partial charge on any atom is -0.317 e. The summed E-state index contributed by atoms with van der Waals surface area (Å²) in [4.78, 5) is 28.9. The quantitative estimate of drug-likeness (QED) is 0.718. The summed E-state index contributed by atoms with van der Waals surface area (Å²) >= 11 is 0. The van der Waals surface area contributed by atoms with Crippen LogP contribution in [0.5, 0.6) is 0 Å². The van der Waals surface area contributed by atoms with Gasteiger partial charge in [-0.2, -0.15) is 0 Å². The number of fused-ring (bicyclic) bond motifs is 1.